The Bertz CT molecular complexity index is 427. The first kappa shape index (κ1) is 15.1. The molecule has 1 atom stereocenters. The summed E-state index contributed by atoms with van der Waals surface area (Å²) in [6.07, 6.45) is 4.41. The van der Waals surface area contributed by atoms with Gasteiger partial charge in [0.2, 0.25) is 0 Å². The molecule has 1 aromatic rings. The average molecular weight is 302 g/mol. The van der Waals surface area contributed by atoms with Crippen LogP contribution in [0.2, 0.25) is 10.0 Å². The Labute approximate surface area is 125 Å². The molecule has 19 heavy (non-hydrogen) atoms. The second-order valence-corrected chi connectivity index (χ2v) is 5.94. The van der Waals surface area contributed by atoms with E-state index in [1.54, 1.807) is 7.11 Å². The molecule has 0 radical (unpaired) electrons. The molecule has 1 fully saturated rings. The molecular formula is C15H21Cl2NO. The van der Waals surface area contributed by atoms with Crippen molar-refractivity contribution in [1.82, 2.24) is 5.32 Å². The van der Waals surface area contributed by atoms with Crippen molar-refractivity contribution in [2.75, 3.05) is 13.7 Å². The van der Waals surface area contributed by atoms with E-state index in [1.165, 1.54) is 6.42 Å². The van der Waals surface area contributed by atoms with Gasteiger partial charge >= 0.3 is 0 Å². The number of rotatable bonds is 6. The summed E-state index contributed by atoms with van der Waals surface area (Å²) in [5.41, 5.74) is 0.910. The van der Waals surface area contributed by atoms with Crippen molar-refractivity contribution in [3.63, 3.8) is 0 Å². The molecule has 4 heteroatoms. The monoisotopic (exact) mass is 301 g/mol. The minimum atomic E-state index is -0.135. The molecule has 0 amide bonds. The molecule has 1 aliphatic carbocycles. The van der Waals surface area contributed by atoms with Gasteiger partial charge in [-0.1, -0.05) is 42.3 Å². The normalized spacial score (nSPS) is 18.9. The topological polar surface area (TPSA) is 21.3 Å². The molecule has 1 unspecified atom stereocenters. The fourth-order valence-corrected chi connectivity index (χ4v) is 3.16. The van der Waals surface area contributed by atoms with Gasteiger partial charge in [-0.3, -0.25) is 0 Å². The second-order valence-electron chi connectivity index (χ2n) is 5.15. The number of hydrogen-bond donors (Lipinski definition) is 1. The molecule has 1 saturated carbocycles. The highest BCUT2D eigenvalue weighted by Gasteiger charge is 2.45. The third-order valence-electron chi connectivity index (χ3n) is 4.02. The summed E-state index contributed by atoms with van der Waals surface area (Å²) in [5, 5.41) is 4.82. The van der Waals surface area contributed by atoms with Crippen LogP contribution in [0.25, 0.3) is 0 Å². The molecule has 1 aromatic carbocycles. The Balaban J connectivity index is 2.34. The van der Waals surface area contributed by atoms with E-state index in [4.69, 9.17) is 27.9 Å². The lowest BCUT2D eigenvalue weighted by molar-refractivity contribution is -0.0997. The molecule has 2 nitrogen and oxygen atoms in total. The average Bonchev–Trinajstić information content (AvgIpc) is 2.36. The lowest BCUT2D eigenvalue weighted by atomic mass is 9.72. The Morgan fingerprint density at radius 2 is 2.11 bits per heavy atom. The molecule has 0 aromatic heterocycles. The van der Waals surface area contributed by atoms with E-state index < -0.39 is 0 Å². The molecule has 0 saturated heterocycles. The fraction of sp³-hybridized carbons (Fsp3) is 0.600. The molecule has 106 valence electrons. The van der Waals surface area contributed by atoms with Crippen LogP contribution in [0, 0.1) is 0 Å². The van der Waals surface area contributed by atoms with Crippen LogP contribution in [-0.2, 0) is 4.74 Å². The number of methoxy groups -OCH3 is 1. The summed E-state index contributed by atoms with van der Waals surface area (Å²) in [6.45, 7) is 3.10. The first-order valence-electron chi connectivity index (χ1n) is 6.87. The van der Waals surface area contributed by atoms with Crippen LogP contribution in [0.5, 0.6) is 0 Å². The minimum absolute atomic E-state index is 0.109. The van der Waals surface area contributed by atoms with Gasteiger partial charge in [0, 0.05) is 7.11 Å². The third kappa shape index (κ3) is 2.92. The van der Waals surface area contributed by atoms with E-state index in [0.717, 1.165) is 31.4 Å². The highest BCUT2D eigenvalue weighted by molar-refractivity contribution is 6.42. The van der Waals surface area contributed by atoms with E-state index in [2.05, 4.69) is 12.2 Å². The third-order valence-corrected chi connectivity index (χ3v) is 4.86. The smallest absolute Gasteiger partial charge is 0.0873 e. The highest BCUT2D eigenvalue weighted by Crippen LogP contribution is 2.47. The Hall–Kier alpha value is -0.280. The number of nitrogens with one attached hydrogen (secondary N) is 1. The number of halogens is 2. The van der Waals surface area contributed by atoms with Crippen LogP contribution in [0.15, 0.2) is 18.2 Å². The van der Waals surface area contributed by atoms with Crippen molar-refractivity contribution in [3.05, 3.63) is 33.8 Å². The van der Waals surface area contributed by atoms with Crippen molar-refractivity contribution < 1.29 is 4.74 Å². The number of benzene rings is 1. The van der Waals surface area contributed by atoms with Crippen LogP contribution < -0.4 is 5.32 Å². The van der Waals surface area contributed by atoms with E-state index >= 15 is 0 Å². The summed E-state index contributed by atoms with van der Waals surface area (Å²) < 4.78 is 5.82. The summed E-state index contributed by atoms with van der Waals surface area (Å²) >= 11 is 12.5. The first-order chi connectivity index (χ1) is 9.14. The van der Waals surface area contributed by atoms with E-state index in [-0.39, 0.29) is 11.6 Å². The zero-order valence-electron chi connectivity index (χ0n) is 11.5. The molecule has 0 aliphatic heterocycles. The lowest BCUT2D eigenvalue weighted by Crippen LogP contribution is -2.50. The predicted octanol–water partition coefficient (Wildman–Crippen LogP) is 4.60. The SMILES string of the molecule is CCCNC(c1cccc(Cl)c1Cl)C1(OC)CCC1. The fourth-order valence-electron chi connectivity index (χ4n) is 2.75. The molecule has 0 spiro atoms. The van der Waals surface area contributed by atoms with Crippen molar-refractivity contribution in [1.29, 1.82) is 0 Å². The Kier molecular flexibility index (Phi) is 5.13. The van der Waals surface area contributed by atoms with E-state index in [0.29, 0.717) is 10.0 Å². The molecule has 2 rings (SSSR count). The van der Waals surface area contributed by atoms with Crippen molar-refractivity contribution in [3.8, 4) is 0 Å². The van der Waals surface area contributed by atoms with E-state index in [1.807, 2.05) is 18.2 Å². The zero-order chi connectivity index (χ0) is 13.9. The van der Waals surface area contributed by atoms with Gasteiger partial charge in [-0.25, -0.2) is 0 Å². The Morgan fingerprint density at radius 1 is 1.37 bits per heavy atom. The standard InChI is InChI=1S/C15H21Cl2NO/c1-3-10-18-14(15(19-2)8-5-9-15)11-6-4-7-12(16)13(11)17/h4,6-7,14,18H,3,5,8-10H2,1-2H3. The van der Waals surface area contributed by atoms with Crippen molar-refractivity contribution >= 4 is 23.2 Å². The van der Waals surface area contributed by atoms with Crippen LogP contribution >= 0.6 is 23.2 Å². The van der Waals surface area contributed by atoms with Gasteiger partial charge in [-0.05, 0) is 43.9 Å². The maximum atomic E-state index is 6.38. The summed E-state index contributed by atoms with van der Waals surface area (Å²) in [4.78, 5) is 0. The van der Waals surface area contributed by atoms with Crippen molar-refractivity contribution in [2.45, 2.75) is 44.2 Å². The predicted molar refractivity (Wildman–Crippen MR) is 81.1 cm³/mol. The van der Waals surface area contributed by atoms with Gasteiger partial charge in [-0.15, -0.1) is 0 Å². The number of hydrogen-bond acceptors (Lipinski definition) is 2. The van der Waals surface area contributed by atoms with Crippen molar-refractivity contribution in [2.24, 2.45) is 0 Å². The maximum absolute atomic E-state index is 6.38. The molecule has 1 aliphatic rings. The highest BCUT2D eigenvalue weighted by atomic mass is 35.5. The van der Waals surface area contributed by atoms with Gasteiger partial charge in [0.15, 0.2) is 0 Å². The summed E-state index contributed by atoms with van der Waals surface area (Å²) in [5.74, 6) is 0. The largest absolute Gasteiger partial charge is 0.376 e. The lowest BCUT2D eigenvalue weighted by Gasteiger charge is -2.47. The van der Waals surface area contributed by atoms with Crippen LogP contribution in [-0.4, -0.2) is 19.3 Å². The second kappa shape index (κ2) is 6.45. The molecular weight excluding hydrogens is 281 g/mol. The Morgan fingerprint density at radius 3 is 2.63 bits per heavy atom. The molecule has 0 bridgehead atoms. The van der Waals surface area contributed by atoms with Gasteiger partial charge in [0.05, 0.1) is 21.7 Å². The van der Waals surface area contributed by atoms with Crippen LogP contribution in [0.4, 0.5) is 0 Å². The van der Waals surface area contributed by atoms with Gasteiger partial charge in [0.25, 0.3) is 0 Å². The van der Waals surface area contributed by atoms with Crippen LogP contribution in [0.3, 0.4) is 0 Å². The summed E-state index contributed by atoms with van der Waals surface area (Å²) in [6, 6.07) is 5.93. The van der Waals surface area contributed by atoms with Gasteiger partial charge < -0.3 is 10.1 Å². The number of ether oxygens (including phenoxy) is 1. The van der Waals surface area contributed by atoms with E-state index in [9.17, 15) is 0 Å². The molecule has 1 N–H and O–H groups in total. The summed E-state index contributed by atoms with van der Waals surface area (Å²) in [7, 11) is 1.79. The zero-order valence-corrected chi connectivity index (χ0v) is 13.0. The quantitative estimate of drug-likeness (QED) is 0.829. The van der Waals surface area contributed by atoms with Gasteiger partial charge in [0.1, 0.15) is 0 Å². The molecule has 0 heterocycles. The van der Waals surface area contributed by atoms with Crippen LogP contribution in [0.1, 0.15) is 44.2 Å². The first-order valence-corrected chi connectivity index (χ1v) is 7.62. The minimum Gasteiger partial charge on any atom is -0.376 e. The maximum Gasteiger partial charge on any atom is 0.0873 e. The van der Waals surface area contributed by atoms with Gasteiger partial charge in [-0.2, -0.15) is 0 Å².